The molecule has 0 spiro atoms. The zero-order chi connectivity index (χ0) is 7.14. The van der Waals surface area contributed by atoms with Crippen molar-refractivity contribution >= 4 is 0 Å². The highest BCUT2D eigenvalue weighted by atomic mass is 14.4. The van der Waals surface area contributed by atoms with Gasteiger partial charge in [-0.05, 0) is 43.4 Å². The van der Waals surface area contributed by atoms with Crippen LogP contribution < -0.4 is 0 Å². The van der Waals surface area contributed by atoms with E-state index in [1.807, 2.05) is 0 Å². The maximum atomic E-state index is 4.15. The summed E-state index contributed by atoms with van der Waals surface area (Å²) in [6.07, 6.45) is 5.70. The van der Waals surface area contributed by atoms with Crippen molar-refractivity contribution in [2.75, 3.05) is 0 Å². The van der Waals surface area contributed by atoms with Gasteiger partial charge in [0.2, 0.25) is 0 Å². The van der Waals surface area contributed by atoms with Crippen molar-refractivity contribution in [3.8, 4) is 0 Å². The minimum atomic E-state index is 0.925. The predicted octanol–water partition coefficient (Wildman–Crippen LogP) is 3.00. The summed E-state index contributed by atoms with van der Waals surface area (Å²) in [5.41, 5.74) is 1.55. The van der Waals surface area contributed by atoms with Crippen LogP contribution in [-0.2, 0) is 0 Å². The highest BCUT2D eigenvalue weighted by molar-refractivity contribution is 5.11. The van der Waals surface area contributed by atoms with E-state index < -0.39 is 0 Å². The average molecular weight is 136 g/mol. The molecule has 0 heterocycles. The molecule has 0 aromatic carbocycles. The molecule has 0 aliphatic heterocycles. The Kier molecular flexibility index (Phi) is 1.36. The lowest BCUT2D eigenvalue weighted by atomic mass is 9.61. The van der Waals surface area contributed by atoms with Crippen molar-refractivity contribution in [1.29, 1.82) is 0 Å². The van der Waals surface area contributed by atoms with Crippen molar-refractivity contribution < 1.29 is 0 Å². The molecule has 0 heteroatoms. The molecule has 2 fully saturated rings. The van der Waals surface area contributed by atoms with Crippen LogP contribution >= 0.6 is 0 Å². The van der Waals surface area contributed by atoms with E-state index in [4.69, 9.17) is 0 Å². The lowest BCUT2D eigenvalue weighted by Gasteiger charge is -2.44. The van der Waals surface area contributed by atoms with E-state index in [1.54, 1.807) is 5.57 Å². The topological polar surface area (TPSA) is 0 Å². The van der Waals surface area contributed by atoms with Crippen LogP contribution in [0.4, 0.5) is 0 Å². The second kappa shape index (κ2) is 2.11. The van der Waals surface area contributed by atoms with Gasteiger partial charge in [-0.15, -0.1) is 0 Å². The van der Waals surface area contributed by atoms with Gasteiger partial charge in [0.15, 0.2) is 0 Å². The minimum absolute atomic E-state index is 0.925. The molecule has 2 aliphatic carbocycles. The van der Waals surface area contributed by atoms with Gasteiger partial charge in [0, 0.05) is 0 Å². The average Bonchev–Trinajstić information content (AvgIpc) is 1.77. The van der Waals surface area contributed by atoms with Gasteiger partial charge in [0.1, 0.15) is 0 Å². The molecule has 0 saturated heterocycles. The van der Waals surface area contributed by atoms with E-state index in [0.717, 1.165) is 17.8 Å². The Morgan fingerprint density at radius 2 is 2.20 bits per heavy atom. The summed E-state index contributed by atoms with van der Waals surface area (Å²) in [6.45, 7) is 6.51. The molecule has 3 atom stereocenters. The third-order valence-electron chi connectivity index (χ3n) is 3.26. The molecule has 0 amide bonds. The fourth-order valence-corrected chi connectivity index (χ4v) is 2.59. The second-order valence-electron chi connectivity index (χ2n) is 4.15. The van der Waals surface area contributed by atoms with Crippen LogP contribution in [0.5, 0.6) is 0 Å². The quantitative estimate of drug-likeness (QED) is 0.449. The number of hydrogen-bond donors (Lipinski definition) is 0. The van der Waals surface area contributed by atoms with Crippen molar-refractivity contribution in [1.82, 2.24) is 0 Å². The number of rotatable bonds is 0. The third-order valence-corrected chi connectivity index (χ3v) is 3.26. The first-order valence-corrected chi connectivity index (χ1v) is 4.45. The van der Waals surface area contributed by atoms with Gasteiger partial charge in [-0.25, -0.2) is 0 Å². The smallest absolute Gasteiger partial charge is 0.0177 e. The van der Waals surface area contributed by atoms with Crippen LogP contribution in [0.15, 0.2) is 12.2 Å². The van der Waals surface area contributed by atoms with Gasteiger partial charge < -0.3 is 0 Å². The standard InChI is InChI=1S/C10H16/c1-7-5-8(2)10-4-3-9(10)6-7/h7,9-10H,2-6H2,1H3. The summed E-state index contributed by atoms with van der Waals surface area (Å²) >= 11 is 0. The second-order valence-corrected chi connectivity index (χ2v) is 4.15. The van der Waals surface area contributed by atoms with Crippen molar-refractivity contribution in [2.24, 2.45) is 17.8 Å². The zero-order valence-electron chi connectivity index (χ0n) is 6.77. The molecule has 0 bridgehead atoms. The first kappa shape index (κ1) is 6.45. The monoisotopic (exact) mass is 136 g/mol. The molecular weight excluding hydrogens is 120 g/mol. The third kappa shape index (κ3) is 0.817. The Hall–Kier alpha value is -0.260. The summed E-state index contributed by atoms with van der Waals surface area (Å²) in [5.74, 6) is 2.90. The van der Waals surface area contributed by atoms with Crippen LogP contribution in [0.3, 0.4) is 0 Å². The lowest BCUT2D eigenvalue weighted by molar-refractivity contribution is 0.138. The van der Waals surface area contributed by atoms with E-state index in [9.17, 15) is 0 Å². The van der Waals surface area contributed by atoms with Gasteiger partial charge in [-0.1, -0.05) is 19.1 Å². The Labute approximate surface area is 63.3 Å². The summed E-state index contributed by atoms with van der Waals surface area (Å²) in [7, 11) is 0. The van der Waals surface area contributed by atoms with Crippen LogP contribution in [0, 0.1) is 17.8 Å². The first-order chi connectivity index (χ1) is 4.77. The van der Waals surface area contributed by atoms with Gasteiger partial charge in [0.05, 0.1) is 0 Å². The molecule has 2 saturated carbocycles. The van der Waals surface area contributed by atoms with Crippen molar-refractivity contribution in [3.05, 3.63) is 12.2 Å². The molecule has 10 heavy (non-hydrogen) atoms. The first-order valence-electron chi connectivity index (χ1n) is 4.45. The van der Waals surface area contributed by atoms with Gasteiger partial charge >= 0.3 is 0 Å². The Morgan fingerprint density at radius 3 is 2.70 bits per heavy atom. The summed E-state index contributed by atoms with van der Waals surface area (Å²) in [6, 6.07) is 0. The fraction of sp³-hybridized carbons (Fsp3) is 0.800. The SMILES string of the molecule is C=C1CC(C)CC2CCC12. The highest BCUT2D eigenvalue weighted by Gasteiger charge is 2.37. The van der Waals surface area contributed by atoms with E-state index in [1.165, 1.54) is 25.7 Å². The molecule has 0 radical (unpaired) electrons. The summed E-state index contributed by atoms with van der Waals surface area (Å²) in [4.78, 5) is 0. The largest absolute Gasteiger partial charge is 0.0996 e. The van der Waals surface area contributed by atoms with Crippen LogP contribution in [0.25, 0.3) is 0 Å². The fourth-order valence-electron chi connectivity index (χ4n) is 2.59. The molecular formula is C10H16. The predicted molar refractivity (Wildman–Crippen MR) is 43.8 cm³/mol. The van der Waals surface area contributed by atoms with E-state index in [2.05, 4.69) is 13.5 Å². The number of hydrogen-bond acceptors (Lipinski definition) is 0. The Morgan fingerprint density at radius 1 is 1.40 bits per heavy atom. The molecule has 3 unspecified atom stereocenters. The number of fused-ring (bicyclic) bond motifs is 1. The van der Waals surface area contributed by atoms with Crippen molar-refractivity contribution in [3.63, 3.8) is 0 Å². The maximum Gasteiger partial charge on any atom is -0.0177 e. The number of allylic oxidation sites excluding steroid dienone is 1. The van der Waals surface area contributed by atoms with Crippen LogP contribution in [0.2, 0.25) is 0 Å². The Balaban J connectivity index is 2.06. The summed E-state index contributed by atoms with van der Waals surface area (Å²) < 4.78 is 0. The van der Waals surface area contributed by atoms with E-state index in [0.29, 0.717) is 0 Å². The molecule has 0 aromatic heterocycles. The molecule has 2 aliphatic rings. The van der Waals surface area contributed by atoms with Gasteiger partial charge in [0.25, 0.3) is 0 Å². The zero-order valence-corrected chi connectivity index (χ0v) is 6.77. The molecule has 0 nitrogen and oxygen atoms in total. The lowest BCUT2D eigenvalue weighted by Crippen LogP contribution is -2.33. The minimum Gasteiger partial charge on any atom is -0.0996 e. The molecule has 56 valence electrons. The van der Waals surface area contributed by atoms with Crippen molar-refractivity contribution in [2.45, 2.75) is 32.6 Å². The van der Waals surface area contributed by atoms with Crippen LogP contribution in [0.1, 0.15) is 32.6 Å². The van der Waals surface area contributed by atoms with Gasteiger partial charge in [-0.2, -0.15) is 0 Å². The molecule has 0 aromatic rings. The Bertz CT molecular complexity index is 157. The maximum absolute atomic E-state index is 4.15. The van der Waals surface area contributed by atoms with E-state index >= 15 is 0 Å². The molecule has 0 N–H and O–H groups in total. The highest BCUT2D eigenvalue weighted by Crippen LogP contribution is 2.48. The van der Waals surface area contributed by atoms with Crippen LogP contribution in [-0.4, -0.2) is 0 Å². The van der Waals surface area contributed by atoms with Gasteiger partial charge in [-0.3, -0.25) is 0 Å². The summed E-state index contributed by atoms with van der Waals surface area (Å²) in [5, 5.41) is 0. The van der Waals surface area contributed by atoms with E-state index in [-0.39, 0.29) is 0 Å². The normalized spacial score (nSPS) is 46.1. The molecule has 2 rings (SSSR count).